The molecular formula is C25H32FN5O2S. The number of aromatic nitrogens is 2. The van der Waals surface area contributed by atoms with Crippen molar-refractivity contribution in [1.29, 1.82) is 0 Å². The Bertz CT molecular complexity index is 1070. The maximum Gasteiger partial charge on any atom is 0.228 e. The van der Waals surface area contributed by atoms with Crippen LogP contribution in [0.1, 0.15) is 48.9 Å². The number of piperidine rings is 1. The summed E-state index contributed by atoms with van der Waals surface area (Å²) in [6.07, 6.45) is 5.02. The minimum Gasteiger partial charge on any atom is -0.611 e. The van der Waals surface area contributed by atoms with Crippen molar-refractivity contribution >= 4 is 28.6 Å². The number of aliphatic hydroxyl groups is 1. The summed E-state index contributed by atoms with van der Waals surface area (Å²) < 4.78 is 26.2. The zero-order chi connectivity index (χ0) is 23.3. The summed E-state index contributed by atoms with van der Waals surface area (Å²) in [6, 6.07) is 6.61. The van der Waals surface area contributed by atoms with E-state index in [9.17, 15) is 14.0 Å². The number of anilines is 3. The number of alkyl halides is 1. The Morgan fingerprint density at radius 1 is 1.12 bits per heavy atom. The maximum atomic E-state index is 13.5. The van der Waals surface area contributed by atoms with Gasteiger partial charge in [0.15, 0.2) is 5.82 Å². The molecule has 1 atom stereocenters. The molecule has 2 fully saturated rings. The molecule has 9 heteroatoms. The number of benzene rings is 1. The van der Waals surface area contributed by atoms with Crippen LogP contribution in [0, 0.1) is 0 Å². The van der Waals surface area contributed by atoms with E-state index in [2.05, 4.69) is 33.3 Å². The number of aryl methyl sites for hydroxylation is 1. The van der Waals surface area contributed by atoms with Crippen LogP contribution in [-0.4, -0.2) is 63.3 Å². The van der Waals surface area contributed by atoms with Crippen molar-refractivity contribution in [2.75, 3.05) is 47.1 Å². The van der Waals surface area contributed by atoms with Gasteiger partial charge in [-0.2, -0.15) is 4.98 Å². The van der Waals surface area contributed by atoms with E-state index in [1.54, 1.807) is 0 Å². The quantitative estimate of drug-likeness (QED) is 0.630. The highest BCUT2D eigenvalue weighted by Gasteiger charge is 2.41. The molecule has 0 unspecified atom stereocenters. The number of rotatable bonds is 5. The molecule has 4 aliphatic rings. The first kappa shape index (κ1) is 22.4. The minimum absolute atomic E-state index is 0.0518. The van der Waals surface area contributed by atoms with Gasteiger partial charge in [-0.25, -0.2) is 9.37 Å². The fraction of sp³-hybridized carbons (Fsp3) is 0.600. The molecule has 0 amide bonds. The second-order valence-electron chi connectivity index (χ2n) is 10.2. The van der Waals surface area contributed by atoms with E-state index in [0.717, 1.165) is 62.5 Å². The van der Waals surface area contributed by atoms with E-state index in [1.807, 2.05) is 0 Å². The number of nitrogens with zero attached hydrogens (tertiary/aromatic N) is 4. The lowest BCUT2D eigenvalue weighted by Crippen LogP contribution is -2.49. The van der Waals surface area contributed by atoms with Gasteiger partial charge in [-0.3, -0.25) is 0 Å². The molecule has 1 aliphatic carbocycles. The van der Waals surface area contributed by atoms with Crippen LogP contribution in [0.2, 0.25) is 0 Å². The van der Waals surface area contributed by atoms with Crippen LogP contribution >= 0.6 is 0 Å². The number of aliphatic hydroxyl groups excluding tert-OH is 1. The fourth-order valence-corrected chi connectivity index (χ4v) is 6.91. The summed E-state index contributed by atoms with van der Waals surface area (Å²) >= 11 is -1.10. The molecule has 1 aromatic carbocycles. The number of halogens is 1. The molecular weight excluding hydrogens is 453 g/mol. The Hall–Kier alpha value is -2.10. The van der Waals surface area contributed by atoms with E-state index in [4.69, 9.17) is 9.97 Å². The molecule has 6 rings (SSSR count). The molecule has 0 radical (unpaired) electrons. The van der Waals surface area contributed by atoms with Crippen molar-refractivity contribution in [1.82, 2.24) is 9.97 Å². The third-order valence-electron chi connectivity index (χ3n) is 7.95. The number of nitrogens with one attached hydrogen (secondary N) is 1. The van der Waals surface area contributed by atoms with Gasteiger partial charge in [-0.05, 0) is 73.0 Å². The third-order valence-corrected chi connectivity index (χ3v) is 9.41. The average molecular weight is 486 g/mol. The lowest BCUT2D eigenvalue weighted by atomic mass is 9.77. The zero-order valence-corrected chi connectivity index (χ0v) is 20.2. The summed E-state index contributed by atoms with van der Waals surface area (Å²) in [5.41, 5.74) is 4.31. The summed E-state index contributed by atoms with van der Waals surface area (Å²) in [5, 5.41) is 13.4. The second-order valence-corrected chi connectivity index (χ2v) is 11.7. The van der Waals surface area contributed by atoms with Crippen LogP contribution in [0.15, 0.2) is 23.1 Å². The van der Waals surface area contributed by atoms with Crippen molar-refractivity contribution in [3.8, 4) is 0 Å². The predicted octanol–water partition coefficient (Wildman–Crippen LogP) is 2.97. The van der Waals surface area contributed by atoms with Gasteiger partial charge in [0.2, 0.25) is 10.8 Å². The molecule has 182 valence electrons. The molecule has 3 aliphatic heterocycles. The third kappa shape index (κ3) is 4.01. The number of hydrogen-bond acceptors (Lipinski definition) is 7. The normalized spacial score (nSPS) is 23.9. The SMILES string of the molecule is [O-][S@+]1CCc2nc(N3CCc4cc(N5CCC(F)CC5)ccc4C3)nc(NC3(CO)CCC3)c21. The minimum atomic E-state index is -1.10. The molecule has 7 nitrogen and oxygen atoms in total. The number of hydrogen-bond donors (Lipinski definition) is 2. The Morgan fingerprint density at radius 2 is 1.94 bits per heavy atom. The average Bonchev–Trinajstić information content (AvgIpc) is 3.22. The van der Waals surface area contributed by atoms with E-state index < -0.39 is 17.3 Å². The highest BCUT2D eigenvalue weighted by Crippen LogP contribution is 2.39. The number of fused-ring (bicyclic) bond motifs is 2. The van der Waals surface area contributed by atoms with Gasteiger partial charge < -0.3 is 24.8 Å². The fourth-order valence-electron chi connectivity index (χ4n) is 5.60. The van der Waals surface area contributed by atoms with Gasteiger partial charge in [-0.1, -0.05) is 6.07 Å². The topological polar surface area (TPSA) is 87.6 Å². The van der Waals surface area contributed by atoms with Crippen molar-refractivity contribution in [2.24, 2.45) is 0 Å². The smallest absolute Gasteiger partial charge is 0.228 e. The summed E-state index contributed by atoms with van der Waals surface area (Å²) in [5.74, 6) is 1.90. The highest BCUT2D eigenvalue weighted by atomic mass is 32.2. The first-order valence-electron chi connectivity index (χ1n) is 12.5. The predicted molar refractivity (Wildman–Crippen MR) is 132 cm³/mol. The second kappa shape index (κ2) is 8.84. The van der Waals surface area contributed by atoms with Gasteiger partial charge in [0.25, 0.3) is 0 Å². The lowest BCUT2D eigenvalue weighted by Gasteiger charge is -2.41. The van der Waals surface area contributed by atoms with E-state index in [1.165, 1.54) is 16.8 Å². The van der Waals surface area contributed by atoms with E-state index in [-0.39, 0.29) is 12.1 Å². The van der Waals surface area contributed by atoms with Gasteiger partial charge in [0.1, 0.15) is 17.6 Å². The summed E-state index contributed by atoms with van der Waals surface area (Å²) in [4.78, 5) is 14.9. The molecule has 4 heterocycles. The van der Waals surface area contributed by atoms with Crippen molar-refractivity contribution in [2.45, 2.75) is 68.1 Å². The van der Waals surface area contributed by atoms with Crippen LogP contribution in [0.3, 0.4) is 0 Å². The maximum absolute atomic E-state index is 13.5. The van der Waals surface area contributed by atoms with Crippen LogP contribution in [0.25, 0.3) is 0 Å². The molecule has 1 saturated carbocycles. The first-order valence-corrected chi connectivity index (χ1v) is 13.8. The van der Waals surface area contributed by atoms with Crippen LogP contribution < -0.4 is 15.1 Å². The van der Waals surface area contributed by atoms with Crippen molar-refractivity contribution in [3.63, 3.8) is 0 Å². The molecule has 1 saturated heterocycles. The van der Waals surface area contributed by atoms with Crippen LogP contribution in [-0.2, 0) is 30.6 Å². The molecule has 1 aromatic heterocycles. The summed E-state index contributed by atoms with van der Waals surface area (Å²) in [6.45, 7) is 3.16. The largest absolute Gasteiger partial charge is 0.611 e. The first-order chi connectivity index (χ1) is 16.5. The molecule has 0 spiro atoms. The Balaban J connectivity index is 1.24. The Kier molecular flexibility index (Phi) is 5.82. The zero-order valence-electron chi connectivity index (χ0n) is 19.4. The lowest BCUT2D eigenvalue weighted by molar-refractivity contribution is 0.143. The standard InChI is InChI=1S/C25H32FN5O2S/c26-19-5-11-30(12-6-19)20-3-2-18-15-31(10-4-17(18)14-20)24-27-21-7-13-34(33)22(21)23(28-24)29-25(16-32)8-1-9-25/h2-3,14,19,32H,1,4-13,15-16H2,(H,27,28,29)/t34-/m1/s1. The molecule has 34 heavy (non-hydrogen) atoms. The van der Waals surface area contributed by atoms with Crippen molar-refractivity contribution in [3.05, 3.63) is 35.0 Å². The van der Waals surface area contributed by atoms with Gasteiger partial charge in [0.05, 0.1) is 12.1 Å². The van der Waals surface area contributed by atoms with Crippen LogP contribution in [0.5, 0.6) is 0 Å². The van der Waals surface area contributed by atoms with Crippen molar-refractivity contribution < 1.29 is 14.0 Å². The van der Waals surface area contributed by atoms with Crippen LogP contribution in [0.4, 0.5) is 21.8 Å². The van der Waals surface area contributed by atoms with Gasteiger partial charge in [0, 0.05) is 38.3 Å². The monoisotopic (exact) mass is 485 g/mol. The molecule has 0 bridgehead atoms. The van der Waals surface area contributed by atoms with Gasteiger partial charge in [-0.15, -0.1) is 0 Å². The van der Waals surface area contributed by atoms with E-state index in [0.29, 0.717) is 36.8 Å². The Labute approximate surface area is 203 Å². The van der Waals surface area contributed by atoms with E-state index >= 15 is 0 Å². The van der Waals surface area contributed by atoms with Gasteiger partial charge >= 0.3 is 0 Å². The molecule has 2 N–H and O–H groups in total. The summed E-state index contributed by atoms with van der Waals surface area (Å²) in [7, 11) is 0. The molecule has 2 aromatic rings. The Morgan fingerprint density at radius 3 is 2.68 bits per heavy atom. The highest BCUT2D eigenvalue weighted by molar-refractivity contribution is 7.91.